The molecule has 0 aliphatic carbocycles. The molecule has 1 aliphatic rings. The van der Waals surface area contributed by atoms with Crippen LogP contribution in [0.4, 0.5) is 10.5 Å². The van der Waals surface area contributed by atoms with Crippen LogP contribution in [0.3, 0.4) is 0 Å². The quantitative estimate of drug-likeness (QED) is 0.740. The predicted molar refractivity (Wildman–Crippen MR) is 107 cm³/mol. The first-order valence-corrected chi connectivity index (χ1v) is 9.96. The summed E-state index contributed by atoms with van der Waals surface area (Å²) >= 11 is 1.38. The number of thiophene rings is 1. The third-order valence-electron chi connectivity index (χ3n) is 4.48. The first kappa shape index (κ1) is 19.6. The number of amides is 2. The van der Waals surface area contributed by atoms with Crippen molar-refractivity contribution in [3.63, 3.8) is 0 Å². The fraction of sp³-hybridized carbons (Fsp3) is 0.474. The molecule has 1 fully saturated rings. The monoisotopic (exact) mass is 391 g/mol. The molecule has 0 spiro atoms. The molecule has 2 heterocycles. The lowest BCUT2D eigenvalue weighted by Crippen LogP contribution is -2.47. The summed E-state index contributed by atoms with van der Waals surface area (Å²) in [6, 6.07) is 7.40. The van der Waals surface area contributed by atoms with Crippen LogP contribution in [0.25, 0.3) is 10.1 Å². The van der Waals surface area contributed by atoms with E-state index >= 15 is 0 Å². The van der Waals surface area contributed by atoms with E-state index in [2.05, 4.69) is 22.5 Å². The van der Waals surface area contributed by atoms with Crippen LogP contribution < -0.4 is 10.6 Å². The lowest BCUT2D eigenvalue weighted by Gasteiger charge is -2.32. The molecule has 1 aromatic carbocycles. The normalized spacial score (nSPS) is 16.1. The molecule has 2 aromatic rings. The summed E-state index contributed by atoms with van der Waals surface area (Å²) in [4.78, 5) is 26.9. The topological polar surface area (TPSA) is 79.9 Å². The van der Waals surface area contributed by atoms with Gasteiger partial charge in [0, 0.05) is 36.1 Å². The number of urea groups is 1. The molecular weight excluding hydrogens is 366 g/mol. The Labute approximate surface area is 162 Å². The Kier molecular flexibility index (Phi) is 6.65. The number of nitrogens with zero attached hydrogens (tertiary/aromatic N) is 1. The van der Waals surface area contributed by atoms with Crippen LogP contribution >= 0.6 is 11.3 Å². The molecule has 1 atom stereocenters. The van der Waals surface area contributed by atoms with E-state index in [1.165, 1.54) is 11.3 Å². The van der Waals surface area contributed by atoms with Crippen molar-refractivity contribution in [2.24, 2.45) is 0 Å². The van der Waals surface area contributed by atoms with Gasteiger partial charge in [-0.15, -0.1) is 11.3 Å². The van der Waals surface area contributed by atoms with E-state index in [0.717, 1.165) is 36.4 Å². The molecule has 8 heteroatoms. The first-order valence-electron chi connectivity index (χ1n) is 9.14. The van der Waals surface area contributed by atoms with E-state index in [1.54, 1.807) is 13.0 Å². The SMILES string of the molecule is CCOC(=O)c1cc2cc(NC(=O)NC[C@H](C)N3CCOCC3)ccc2s1. The van der Waals surface area contributed by atoms with Gasteiger partial charge < -0.3 is 20.1 Å². The van der Waals surface area contributed by atoms with Gasteiger partial charge in [0.25, 0.3) is 0 Å². The van der Waals surface area contributed by atoms with Gasteiger partial charge in [-0.05, 0) is 43.5 Å². The van der Waals surface area contributed by atoms with Gasteiger partial charge in [0.15, 0.2) is 0 Å². The summed E-state index contributed by atoms with van der Waals surface area (Å²) in [5.74, 6) is -0.317. The molecule has 0 unspecified atom stereocenters. The molecule has 146 valence electrons. The molecule has 27 heavy (non-hydrogen) atoms. The molecular formula is C19H25N3O4S. The standard InChI is InChI=1S/C19H25N3O4S/c1-3-26-18(23)17-11-14-10-15(4-5-16(14)27-17)21-19(24)20-12-13(2)22-6-8-25-9-7-22/h4-5,10-11,13H,3,6-9,12H2,1-2H3,(H2,20,21,24)/t13-/m0/s1. The summed E-state index contributed by atoms with van der Waals surface area (Å²) in [6.07, 6.45) is 0. The number of fused-ring (bicyclic) bond motifs is 1. The van der Waals surface area contributed by atoms with Gasteiger partial charge in [-0.1, -0.05) is 0 Å². The van der Waals surface area contributed by atoms with Crippen molar-refractivity contribution >= 4 is 39.1 Å². The molecule has 2 amide bonds. The summed E-state index contributed by atoms with van der Waals surface area (Å²) in [6.45, 7) is 8.06. The van der Waals surface area contributed by atoms with Crippen LogP contribution in [0, 0.1) is 0 Å². The fourth-order valence-corrected chi connectivity index (χ4v) is 3.92. The smallest absolute Gasteiger partial charge is 0.348 e. The maximum absolute atomic E-state index is 12.2. The maximum Gasteiger partial charge on any atom is 0.348 e. The van der Waals surface area contributed by atoms with E-state index in [4.69, 9.17) is 9.47 Å². The average molecular weight is 391 g/mol. The minimum atomic E-state index is -0.317. The van der Waals surface area contributed by atoms with Crippen molar-refractivity contribution in [3.05, 3.63) is 29.1 Å². The number of morpholine rings is 1. The van der Waals surface area contributed by atoms with Gasteiger partial charge in [-0.25, -0.2) is 9.59 Å². The van der Waals surface area contributed by atoms with E-state index in [-0.39, 0.29) is 18.0 Å². The summed E-state index contributed by atoms with van der Waals surface area (Å²) in [7, 11) is 0. The molecule has 1 aliphatic heterocycles. The Morgan fingerprint density at radius 2 is 2.07 bits per heavy atom. The van der Waals surface area contributed by atoms with E-state index < -0.39 is 0 Å². The zero-order valence-corrected chi connectivity index (χ0v) is 16.4. The highest BCUT2D eigenvalue weighted by Gasteiger charge is 2.17. The molecule has 0 saturated carbocycles. The Bertz CT molecular complexity index is 801. The van der Waals surface area contributed by atoms with Crippen LogP contribution in [0.15, 0.2) is 24.3 Å². The Morgan fingerprint density at radius 3 is 2.81 bits per heavy atom. The number of nitrogens with one attached hydrogen (secondary N) is 2. The molecule has 0 radical (unpaired) electrons. The van der Waals surface area contributed by atoms with Crippen LogP contribution in [0.2, 0.25) is 0 Å². The van der Waals surface area contributed by atoms with Crippen molar-refractivity contribution in [3.8, 4) is 0 Å². The van der Waals surface area contributed by atoms with Crippen LogP contribution in [0.5, 0.6) is 0 Å². The second-order valence-electron chi connectivity index (χ2n) is 6.42. The summed E-state index contributed by atoms with van der Waals surface area (Å²) in [5.41, 5.74) is 0.687. The number of carbonyl (C=O) groups excluding carboxylic acids is 2. The lowest BCUT2D eigenvalue weighted by molar-refractivity contribution is 0.0209. The number of carbonyl (C=O) groups is 2. The van der Waals surface area contributed by atoms with Crippen molar-refractivity contribution in [2.75, 3.05) is 44.8 Å². The third kappa shape index (κ3) is 5.18. The highest BCUT2D eigenvalue weighted by Crippen LogP contribution is 2.28. The average Bonchev–Trinajstić information content (AvgIpc) is 3.10. The fourth-order valence-electron chi connectivity index (χ4n) is 2.99. The Hall–Kier alpha value is -2.16. The van der Waals surface area contributed by atoms with Gasteiger partial charge in [-0.2, -0.15) is 0 Å². The number of hydrogen-bond acceptors (Lipinski definition) is 6. The van der Waals surface area contributed by atoms with Gasteiger partial charge in [0.2, 0.25) is 0 Å². The Morgan fingerprint density at radius 1 is 1.30 bits per heavy atom. The third-order valence-corrected chi connectivity index (χ3v) is 5.57. The predicted octanol–water partition coefficient (Wildman–Crippen LogP) is 2.92. The van der Waals surface area contributed by atoms with Crippen molar-refractivity contribution in [1.82, 2.24) is 10.2 Å². The highest BCUT2D eigenvalue weighted by atomic mass is 32.1. The van der Waals surface area contributed by atoms with Gasteiger partial charge in [0.1, 0.15) is 4.88 Å². The summed E-state index contributed by atoms with van der Waals surface area (Å²) < 4.78 is 11.4. The summed E-state index contributed by atoms with van der Waals surface area (Å²) in [5, 5.41) is 6.67. The van der Waals surface area contributed by atoms with Crippen molar-refractivity contribution < 1.29 is 19.1 Å². The van der Waals surface area contributed by atoms with E-state index in [0.29, 0.717) is 23.7 Å². The van der Waals surface area contributed by atoms with E-state index in [1.807, 2.05) is 18.2 Å². The lowest BCUT2D eigenvalue weighted by atomic mass is 10.2. The molecule has 1 saturated heterocycles. The highest BCUT2D eigenvalue weighted by molar-refractivity contribution is 7.20. The molecule has 0 bridgehead atoms. The van der Waals surface area contributed by atoms with Gasteiger partial charge >= 0.3 is 12.0 Å². The second kappa shape index (κ2) is 9.16. The number of benzene rings is 1. The minimum Gasteiger partial charge on any atom is -0.462 e. The second-order valence-corrected chi connectivity index (χ2v) is 7.50. The number of hydrogen-bond donors (Lipinski definition) is 2. The molecule has 2 N–H and O–H groups in total. The Balaban J connectivity index is 1.55. The zero-order chi connectivity index (χ0) is 19.2. The first-order chi connectivity index (χ1) is 13.1. The molecule has 1 aromatic heterocycles. The molecule has 3 rings (SSSR count). The van der Waals surface area contributed by atoms with Crippen molar-refractivity contribution in [1.29, 1.82) is 0 Å². The van der Waals surface area contributed by atoms with Crippen LogP contribution in [0.1, 0.15) is 23.5 Å². The van der Waals surface area contributed by atoms with Crippen molar-refractivity contribution in [2.45, 2.75) is 19.9 Å². The molecule has 7 nitrogen and oxygen atoms in total. The number of esters is 1. The van der Waals surface area contributed by atoms with Gasteiger partial charge in [-0.3, -0.25) is 4.90 Å². The van der Waals surface area contributed by atoms with Crippen LogP contribution in [-0.4, -0.2) is 62.4 Å². The zero-order valence-electron chi connectivity index (χ0n) is 15.6. The number of ether oxygens (including phenoxy) is 2. The largest absolute Gasteiger partial charge is 0.462 e. The number of rotatable bonds is 6. The number of anilines is 1. The van der Waals surface area contributed by atoms with E-state index in [9.17, 15) is 9.59 Å². The maximum atomic E-state index is 12.2. The minimum absolute atomic E-state index is 0.240. The van der Waals surface area contributed by atoms with Crippen LogP contribution in [-0.2, 0) is 9.47 Å². The van der Waals surface area contributed by atoms with Gasteiger partial charge in [0.05, 0.1) is 19.8 Å².